The van der Waals surface area contributed by atoms with Gasteiger partial charge in [0.1, 0.15) is 11.5 Å². The Bertz CT molecular complexity index is 772. The lowest BCUT2D eigenvalue weighted by atomic mass is 10.1. The molecule has 0 spiro atoms. The third-order valence-electron chi connectivity index (χ3n) is 4.86. The van der Waals surface area contributed by atoms with E-state index in [2.05, 4.69) is 15.9 Å². The molecule has 1 aliphatic heterocycles. The normalized spacial score (nSPS) is 17.1. The van der Waals surface area contributed by atoms with Crippen molar-refractivity contribution in [2.45, 2.75) is 12.6 Å². The van der Waals surface area contributed by atoms with Gasteiger partial charge in [-0.05, 0) is 38.4 Å². The lowest BCUT2D eigenvalue weighted by molar-refractivity contribution is 0.0559. The number of aliphatic hydroxyl groups is 1. The number of benzene rings is 1. The van der Waals surface area contributed by atoms with E-state index >= 15 is 0 Å². The average molecular weight is 368 g/mol. The molecule has 27 heavy (non-hydrogen) atoms. The van der Waals surface area contributed by atoms with E-state index in [4.69, 9.17) is 4.42 Å². The second-order valence-electron chi connectivity index (χ2n) is 7.42. The van der Waals surface area contributed by atoms with Crippen molar-refractivity contribution in [3.05, 3.63) is 47.7 Å². The lowest BCUT2D eigenvalue weighted by Gasteiger charge is -2.35. The fourth-order valence-electron chi connectivity index (χ4n) is 3.53. The van der Waals surface area contributed by atoms with Gasteiger partial charge in [-0.2, -0.15) is 5.26 Å². The van der Waals surface area contributed by atoms with Crippen LogP contribution in [0.2, 0.25) is 0 Å². The highest BCUT2D eigenvalue weighted by Crippen LogP contribution is 2.26. The summed E-state index contributed by atoms with van der Waals surface area (Å²) in [6.45, 7) is 6.01. The van der Waals surface area contributed by atoms with Crippen LogP contribution in [0.15, 0.2) is 40.8 Å². The largest absolute Gasteiger partial charge is 0.460 e. The Morgan fingerprint density at radius 1 is 1.11 bits per heavy atom. The third kappa shape index (κ3) is 5.41. The molecule has 144 valence electrons. The highest BCUT2D eigenvalue weighted by molar-refractivity contribution is 5.66. The summed E-state index contributed by atoms with van der Waals surface area (Å²) in [6, 6.07) is 13.7. The zero-order valence-corrected chi connectivity index (χ0v) is 16.1. The molecule has 2 aromatic rings. The molecule has 1 atom stereocenters. The van der Waals surface area contributed by atoms with Crippen LogP contribution in [0.5, 0.6) is 0 Å². The molecule has 1 aliphatic rings. The second-order valence-corrected chi connectivity index (χ2v) is 7.42. The minimum atomic E-state index is -0.306. The van der Waals surface area contributed by atoms with Gasteiger partial charge in [-0.15, -0.1) is 0 Å². The van der Waals surface area contributed by atoms with Crippen molar-refractivity contribution in [2.75, 3.05) is 53.4 Å². The molecule has 1 saturated heterocycles. The van der Waals surface area contributed by atoms with Crippen molar-refractivity contribution in [3.63, 3.8) is 0 Å². The number of rotatable bonds is 7. The maximum Gasteiger partial charge on any atom is 0.135 e. The van der Waals surface area contributed by atoms with Crippen LogP contribution in [-0.4, -0.2) is 79.3 Å². The zero-order valence-electron chi connectivity index (χ0n) is 16.1. The van der Waals surface area contributed by atoms with E-state index in [0.29, 0.717) is 12.1 Å². The van der Waals surface area contributed by atoms with Crippen molar-refractivity contribution in [2.24, 2.45) is 0 Å². The first kappa shape index (κ1) is 19.6. The number of furan rings is 1. The molecule has 1 unspecified atom stereocenters. The van der Waals surface area contributed by atoms with Crippen LogP contribution >= 0.6 is 0 Å². The summed E-state index contributed by atoms with van der Waals surface area (Å²) < 4.78 is 6.00. The third-order valence-corrected chi connectivity index (χ3v) is 4.86. The summed E-state index contributed by atoms with van der Waals surface area (Å²) in [5, 5.41) is 19.3. The Balaban J connectivity index is 1.52. The quantitative estimate of drug-likeness (QED) is 0.805. The van der Waals surface area contributed by atoms with Gasteiger partial charge >= 0.3 is 0 Å². The molecule has 0 bridgehead atoms. The van der Waals surface area contributed by atoms with Gasteiger partial charge in [0.15, 0.2) is 0 Å². The number of β-amino-alcohol motifs (C(OH)–C–C–N with tert-alkyl or cyclic N) is 1. The van der Waals surface area contributed by atoms with Gasteiger partial charge in [-0.3, -0.25) is 9.80 Å². The van der Waals surface area contributed by atoms with Gasteiger partial charge in [0.05, 0.1) is 24.3 Å². The first-order chi connectivity index (χ1) is 13.0. The summed E-state index contributed by atoms with van der Waals surface area (Å²) in [5.41, 5.74) is 1.47. The van der Waals surface area contributed by atoms with Crippen LogP contribution in [0.4, 0.5) is 0 Å². The summed E-state index contributed by atoms with van der Waals surface area (Å²) in [7, 11) is 3.96. The number of piperazine rings is 1. The first-order valence-corrected chi connectivity index (χ1v) is 9.41. The van der Waals surface area contributed by atoms with Gasteiger partial charge in [0, 0.05) is 44.8 Å². The Morgan fingerprint density at radius 2 is 1.81 bits per heavy atom. The van der Waals surface area contributed by atoms with Gasteiger partial charge in [-0.25, -0.2) is 0 Å². The Labute approximate surface area is 161 Å². The molecule has 1 N–H and O–H groups in total. The Morgan fingerprint density at radius 3 is 2.52 bits per heavy atom. The Hall–Kier alpha value is -2.17. The number of likely N-dealkylation sites (N-methyl/N-ethyl adjacent to an activating group) is 1. The van der Waals surface area contributed by atoms with E-state index in [-0.39, 0.29) is 6.10 Å². The minimum Gasteiger partial charge on any atom is -0.460 e. The van der Waals surface area contributed by atoms with Crippen molar-refractivity contribution in [3.8, 4) is 17.4 Å². The number of nitriles is 1. The average Bonchev–Trinajstić information content (AvgIpc) is 3.11. The minimum absolute atomic E-state index is 0.306. The number of aliphatic hydroxyl groups excluding tert-OH is 1. The van der Waals surface area contributed by atoms with Crippen LogP contribution in [0.25, 0.3) is 11.3 Å². The van der Waals surface area contributed by atoms with Crippen molar-refractivity contribution >= 4 is 0 Å². The highest BCUT2D eigenvalue weighted by atomic mass is 16.3. The highest BCUT2D eigenvalue weighted by Gasteiger charge is 2.20. The standard InChI is InChI=1S/C21H28N4O2/c1-23(2)14-18(26)15-24-9-11-25(12-10-24)16-19-7-8-21(27-19)20-6-4-3-5-17(20)13-22/h3-8,18,26H,9-12,14-16H2,1-2H3. The molecule has 2 heterocycles. The summed E-state index contributed by atoms with van der Waals surface area (Å²) >= 11 is 0. The van der Waals surface area contributed by atoms with Crippen molar-refractivity contribution in [1.29, 1.82) is 5.26 Å². The van der Waals surface area contributed by atoms with Crippen molar-refractivity contribution < 1.29 is 9.52 Å². The van der Waals surface area contributed by atoms with E-state index in [9.17, 15) is 10.4 Å². The second kappa shape index (κ2) is 9.16. The maximum atomic E-state index is 10.1. The number of hydrogen-bond acceptors (Lipinski definition) is 6. The van der Waals surface area contributed by atoms with E-state index in [1.165, 1.54) is 0 Å². The molecule has 1 aromatic heterocycles. The molecule has 3 rings (SSSR count). The summed E-state index contributed by atoms with van der Waals surface area (Å²) in [4.78, 5) is 6.70. The van der Waals surface area contributed by atoms with Gasteiger partial charge < -0.3 is 14.4 Å². The predicted octanol–water partition coefficient (Wildman–Crippen LogP) is 1.86. The molecule has 1 aromatic carbocycles. The van der Waals surface area contributed by atoms with Gasteiger partial charge in [0.2, 0.25) is 0 Å². The van der Waals surface area contributed by atoms with E-state index in [1.807, 2.05) is 55.4 Å². The fraction of sp³-hybridized carbons (Fsp3) is 0.476. The smallest absolute Gasteiger partial charge is 0.135 e. The molecule has 0 aliphatic carbocycles. The van der Waals surface area contributed by atoms with Gasteiger partial charge in [0.25, 0.3) is 0 Å². The molecule has 0 saturated carbocycles. The van der Waals surface area contributed by atoms with Crippen LogP contribution < -0.4 is 0 Å². The molecule has 6 heteroatoms. The molecule has 1 fully saturated rings. The summed E-state index contributed by atoms with van der Waals surface area (Å²) in [5.74, 6) is 1.66. The molecular formula is C21H28N4O2. The van der Waals surface area contributed by atoms with Crippen molar-refractivity contribution in [1.82, 2.24) is 14.7 Å². The number of nitrogens with zero attached hydrogens (tertiary/aromatic N) is 4. The fourth-order valence-corrected chi connectivity index (χ4v) is 3.53. The van der Waals surface area contributed by atoms with Gasteiger partial charge in [-0.1, -0.05) is 12.1 Å². The SMILES string of the molecule is CN(C)CC(O)CN1CCN(Cc2ccc(-c3ccccc3C#N)o2)CC1. The van der Waals surface area contributed by atoms with E-state index in [0.717, 1.165) is 56.4 Å². The number of hydrogen-bond donors (Lipinski definition) is 1. The lowest BCUT2D eigenvalue weighted by Crippen LogP contribution is -2.49. The zero-order chi connectivity index (χ0) is 19.2. The predicted molar refractivity (Wildman–Crippen MR) is 105 cm³/mol. The molecular weight excluding hydrogens is 340 g/mol. The molecule has 0 radical (unpaired) electrons. The van der Waals surface area contributed by atoms with Crippen LogP contribution in [0.3, 0.4) is 0 Å². The first-order valence-electron chi connectivity index (χ1n) is 9.41. The van der Waals surface area contributed by atoms with Crippen LogP contribution in [0, 0.1) is 11.3 Å². The van der Waals surface area contributed by atoms with E-state index < -0.39 is 0 Å². The molecule has 6 nitrogen and oxygen atoms in total. The summed E-state index contributed by atoms with van der Waals surface area (Å²) in [6.07, 6.45) is -0.306. The monoisotopic (exact) mass is 368 g/mol. The molecule has 0 amide bonds. The maximum absolute atomic E-state index is 10.1. The van der Waals surface area contributed by atoms with Crippen LogP contribution in [-0.2, 0) is 6.54 Å². The topological polar surface area (TPSA) is 66.9 Å². The van der Waals surface area contributed by atoms with Crippen LogP contribution in [0.1, 0.15) is 11.3 Å². The van der Waals surface area contributed by atoms with E-state index in [1.54, 1.807) is 0 Å². The Kier molecular flexibility index (Phi) is 6.64.